The Kier molecular flexibility index (Phi) is 4.61. The average Bonchev–Trinajstić information content (AvgIpc) is 2.11. The Bertz CT molecular complexity index is 247. The summed E-state index contributed by atoms with van der Waals surface area (Å²) >= 11 is 0. The largest absolute Gasteiger partial charge is 0.393 e. The van der Waals surface area contributed by atoms with Crippen molar-refractivity contribution in [3.63, 3.8) is 0 Å². The van der Waals surface area contributed by atoms with Crippen LogP contribution in [0.15, 0.2) is 11.6 Å². The zero-order valence-corrected chi connectivity index (χ0v) is 11.6. The summed E-state index contributed by atoms with van der Waals surface area (Å²) in [5, 5.41) is 10.2. The van der Waals surface area contributed by atoms with E-state index in [0.29, 0.717) is 17.3 Å². The number of aliphatic hydroxyl groups is 1. The molecule has 0 spiro atoms. The molecule has 1 N–H and O–H groups in total. The van der Waals surface area contributed by atoms with Crippen LogP contribution in [0.4, 0.5) is 0 Å². The number of allylic oxidation sites excluding steroid dienone is 2. The van der Waals surface area contributed by atoms with E-state index in [1.807, 2.05) is 0 Å². The summed E-state index contributed by atoms with van der Waals surface area (Å²) in [7, 11) is 0. The van der Waals surface area contributed by atoms with Gasteiger partial charge in [-0.15, -0.1) is 0 Å². The first-order valence-corrected chi connectivity index (χ1v) is 6.63. The molecule has 1 rings (SSSR count). The third kappa shape index (κ3) is 4.69. The molecular formula is C15H28O. The SMILES string of the molecule is CC1=CC(C)CC(C(O)CCC(C)(C)C)C1. The fraction of sp³-hybridized carbons (Fsp3) is 0.867. The Balaban J connectivity index is 2.43. The summed E-state index contributed by atoms with van der Waals surface area (Å²) in [6.45, 7) is 11.2. The van der Waals surface area contributed by atoms with Crippen LogP contribution in [-0.4, -0.2) is 11.2 Å². The first kappa shape index (κ1) is 13.8. The van der Waals surface area contributed by atoms with Gasteiger partial charge in [0.2, 0.25) is 0 Å². The smallest absolute Gasteiger partial charge is 0.0571 e. The van der Waals surface area contributed by atoms with Crippen molar-refractivity contribution in [2.75, 3.05) is 0 Å². The minimum absolute atomic E-state index is 0.106. The van der Waals surface area contributed by atoms with E-state index < -0.39 is 0 Å². The fourth-order valence-corrected chi connectivity index (χ4v) is 2.71. The molecule has 3 atom stereocenters. The van der Waals surface area contributed by atoms with Crippen LogP contribution in [0.2, 0.25) is 0 Å². The second-order valence-corrected chi connectivity index (χ2v) is 6.86. The van der Waals surface area contributed by atoms with Gasteiger partial charge in [-0.3, -0.25) is 0 Å². The molecule has 0 saturated heterocycles. The minimum Gasteiger partial charge on any atom is -0.393 e. The molecule has 0 aromatic heterocycles. The van der Waals surface area contributed by atoms with Crippen LogP contribution in [0, 0.1) is 17.3 Å². The van der Waals surface area contributed by atoms with Gasteiger partial charge in [-0.05, 0) is 49.9 Å². The van der Waals surface area contributed by atoms with Gasteiger partial charge in [0.05, 0.1) is 6.10 Å². The maximum atomic E-state index is 10.2. The summed E-state index contributed by atoms with van der Waals surface area (Å²) in [5.74, 6) is 1.13. The molecule has 0 bridgehead atoms. The molecule has 0 aliphatic heterocycles. The minimum atomic E-state index is -0.106. The summed E-state index contributed by atoms with van der Waals surface area (Å²) in [4.78, 5) is 0. The highest BCUT2D eigenvalue weighted by Crippen LogP contribution is 2.33. The first-order valence-electron chi connectivity index (χ1n) is 6.63. The lowest BCUT2D eigenvalue weighted by atomic mass is 9.78. The summed E-state index contributed by atoms with van der Waals surface area (Å²) in [5.41, 5.74) is 1.80. The molecule has 1 aliphatic rings. The monoisotopic (exact) mass is 224 g/mol. The molecule has 1 heteroatoms. The summed E-state index contributed by atoms with van der Waals surface area (Å²) in [6.07, 6.45) is 6.56. The van der Waals surface area contributed by atoms with Crippen molar-refractivity contribution in [2.45, 2.75) is 66.4 Å². The molecule has 0 aromatic carbocycles. The van der Waals surface area contributed by atoms with Crippen LogP contribution in [-0.2, 0) is 0 Å². The quantitative estimate of drug-likeness (QED) is 0.713. The predicted octanol–water partition coefficient (Wildman–Crippen LogP) is 4.17. The van der Waals surface area contributed by atoms with E-state index in [2.05, 4.69) is 40.7 Å². The van der Waals surface area contributed by atoms with Crippen molar-refractivity contribution in [2.24, 2.45) is 17.3 Å². The maximum absolute atomic E-state index is 10.2. The third-order valence-corrected chi connectivity index (χ3v) is 3.56. The van der Waals surface area contributed by atoms with Gasteiger partial charge in [0.25, 0.3) is 0 Å². The van der Waals surface area contributed by atoms with Crippen molar-refractivity contribution in [1.82, 2.24) is 0 Å². The lowest BCUT2D eigenvalue weighted by molar-refractivity contribution is 0.0738. The van der Waals surface area contributed by atoms with Gasteiger partial charge in [0, 0.05) is 0 Å². The lowest BCUT2D eigenvalue weighted by Gasteiger charge is -2.31. The molecule has 3 unspecified atom stereocenters. The van der Waals surface area contributed by atoms with Crippen molar-refractivity contribution in [3.8, 4) is 0 Å². The fourth-order valence-electron chi connectivity index (χ4n) is 2.71. The third-order valence-electron chi connectivity index (χ3n) is 3.56. The van der Waals surface area contributed by atoms with E-state index >= 15 is 0 Å². The average molecular weight is 224 g/mol. The van der Waals surface area contributed by atoms with Crippen LogP contribution in [0.25, 0.3) is 0 Å². The van der Waals surface area contributed by atoms with Gasteiger partial charge in [0.15, 0.2) is 0 Å². The van der Waals surface area contributed by atoms with Gasteiger partial charge < -0.3 is 5.11 Å². The van der Waals surface area contributed by atoms with Crippen molar-refractivity contribution in [1.29, 1.82) is 0 Å². The van der Waals surface area contributed by atoms with Crippen LogP contribution in [0.5, 0.6) is 0 Å². The van der Waals surface area contributed by atoms with Gasteiger partial charge in [-0.25, -0.2) is 0 Å². The van der Waals surface area contributed by atoms with Crippen molar-refractivity contribution >= 4 is 0 Å². The Hall–Kier alpha value is -0.300. The predicted molar refractivity (Wildman–Crippen MR) is 70.3 cm³/mol. The Morgan fingerprint density at radius 1 is 1.44 bits per heavy atom. The van der Waals surface area contributed by atoms with E-state index in [0.717, 1.165) is 25.7 Å². The van der Waals surface area contributed by atoms with E-state index in [-0.39, 0.29) is 6.10 Å². The first-order chi connectivity index (χ1) is 7.28. The van der Waals surface area contributed by atoms with Crippen molar-refractivity contribution in [3.05, 3.63) is 11.6 Å². The Morgan fingerprint density at radius 3 is 2.56 bits per heavy atom. The highest BCUT2D eigenvalue weighted by atomic mass is 16.3. The molecule has 0 radical (unpaired) electrons. The van der Waals surface area contributed by atoms with E-state index in [4.69, 9.17) is 0 Å². The highest BCUT2D eigenvalue weighted by molar-refractivity contribution is 5.07. The normalized spacial score (nSPS) is 28.8. The zero-order valence-electron chi connectivity index (χ0n) is 11.6. The van der Waals surface area contributed by atoms with Crippen LogP contribution in [0.1, 0.15) is 60.3 Å². The molecule has 0 saturated carbocycles. The topological polar surface area (TPSA) is 20.2 Å². The number of aliphatic hydroxyl groups excluding tert-OH is 1. The Labute approximate surface area is 101 Å². The summed E-state index contributed by atoms with van der Waals surface area (Å²) < 4.78 is 0. The molecule has 94 valence electrons. The molecule has 0 aromatic rings. The number of rotatable bonds is 3. The lowest BCUT2D eigenvalue weighted by Crippen LogP contribution is -2.26. The van der Waals surface area contributed by atoms with Crippen LogP contribution >= 0.6 is 0 Å². The number of hydrogen-bond donors (Lipinski definition) is 1. The van der Waals surface area contributed by atoms with E-state index in [9.17, 15) is 5.11 Å². The molecule has 1 nitrogen and oxygen atoms in total. The van der Waals surface area contributed by atoms with E-state index in [1.54, 1.807) is 0 Å². The van der Waals surface area contributed by atoms with Gasteiger partial charge in [-0.2, -0.15) is 0 Å². The zero-order chi connectivity index (χ0) is 12.3. The van der Waals surface area contributed by atoms with Crippen LogP contribution in [0.3, 0.4) is 0 Å². The van der Waals surface area contributed by atoms with Crippen LogP contribution < -0.4 is 0 Å². The van der Waals surface area contributed by atoms with Gasteiger partial charge in [-0.1, -0.05) is 39.3 Å². The second-order valence-electron chi connectivity index (χ2n) is 6.86. The van der Waals surface area contributed by atoms with Gasteiger partial charge in [0.1, 0.15) is 0 Å². The standard InChI is InChI=1S/C15H28O/c1-11-8-12(2)10-13(9-11)14(16)6-7-15(3,4)5/h8,11,13-14,16H,6-7,9-10H2,1-5H3. The molecule has 16 heavy (non-hydrogen) atoms. The molecular weight excluding hydrogens is 196 g/mol. The van der Waals surface area contributed by atoms with Crippen molar-refractivity contribution < 1.29 is 5.11 Å². The molecule has 0 fully saturated rings. The molecule has 0 heterocycles. The maximum Gasteiger partial charge on any atom is 0.0571 e. The molecule has 1 aliphatic carbocycles. The highest BCUT2D eigenvalue weighted by Gasteiger charge is 2.25. The Morgan fingerprint density at radius 2 is 2.06 bits per heavy atom. The number of hydrogen-bond acceptors (Lipinski definition) is 1. The summed E-state index contributed by atoms with van der Waals surface area (Å²) in [6, 6.07) is 0. The second kappa shape index (κ2) is 5.35. The van der Waals surface area contributed by atoms with E-state index in [1.165, 1.54) is 5.57 Å². The molecule has 0 amide bonds. The van der Waals surface area contributed by atoms with Gasteiger partial charge >= 0.3 is 0 Å².